The van der Waals surface area contributed by atoms with Gasteiger partial charge in [-0.05, 0) is 30.9 Å². The lowest BCUT2D eigenvalue weighted by atomic mass is 10.0. The molecule has 1 N–H and O–H groups in total. The Morgan fingerprint density at radius 2 is 1.84 bits per heavy atom. The van der Waals surface area contributed by atoms with E-state index in [1.54, 1.807) is 24.1 Å². The zero-order valence-corrected chi connectivity index (χ0v) is 15.3. The monoisotopic (exact) mass is 348 g/mol. The third-order valence-electron chi connectivity index (χ3n) is 4.23. The van der Waals surface area contributed by atoms with Gasteiger partial charge in [-0.15, -0.1) is 0 Å². The summed E-state index contributed by atoms with van der Waals surface area (Å²) >= 11 is 0. The molecule has 6 heteroatoms. The Kier molecular flexibility index (Phi) is 7.10. The van der Waals surface area contributed by atoms with Crippen LogP contribution in [0.2, 0.25) is 0 Å². The molecular weight excluding hydrogens is 320 g/mol. The topological polar surface area (TPSA) is 67.9 Å². The standard InChI is InChI=1S/C19H28N2O4/c1-14(2)12-18(22)20-15-8-10-21(11-9-15)19(23)13-25-17-7-5-4-6-16(17)24-3/h4-7,14-15H,8-13H2,1-3H3,(H,20,22). The maximum Gasteiger partial charge on any atom is 0.260 e. The average molecular weight is 348 g/mol. The van der Waals surface area contributed by atoms with E-state index in [0.717, 1.165) is 12.8 Å². The van der Waals surface area contributed by atoms with Gasteiger partial charge in [0.15, 0.2) is 18.1 Å². The molecule has 1 saturated heterocycles. The van der Waals surface area contributed by atoms with Crippen LogP contribution >= 0.6 is 0 Å². The Morgan fingerprint density at radius 3 is 2.44 bits per heavy atom. The normalized spacial score (nSPS) is 15.1. The summed E-state index contributed by atoms with van der Waals surface area (Å²) in [5.41, 5.74) is 0. The smallest absolute Gasteiger partial charge is 0.260 e. The first-order chi connectivity index (χ1) is 12.0. The molecular formula is C19H28N2O4. The van der Waals surface area contributed by atoms with E-state index in [1.165, 1.54) is 0 Å². The van der Waals surface area contributed by atoms with Crippen molar-refractivity contribution < 1.29 is 19.1 Å². The highest BCUT2D eigenvalue weighted by Gasteiger charge is 2.24. The molecule has 0 radical (unpaired) electrons. The highest BCUT2D eigenvalue weighted by atomic mass is 16.5. The predicted molar refractivity (Wildman–Crippen MR) is 95.7 cm³/mol. The highest BCUT2D eigenvalue weighted by Crippen LogP contribution is 2.25. The van der Waals surface area contributed by atoms with E-state index >= 15 is 0 Å². The largest absolute Gasteiger partial charge is 0.493 e. The summed E-state index contributed by atoms with van der Waals surface area (Å²) in [4.78, 5) is 25.9. The van der Waals surface area contributed by atoms with Crippen LogP contribution in [-0.2, 0) is 9.59 Å². The Morgan fingerprint density at radius 1 is 1.20 bits per heavy atom. The first-order valence-corrected chi connectivity index (χ1v) is 8.82. The fourth-order valence-electron chi connectivity index (χ4n) is 2.90. The lowest BCUT2D eigenvalue weighted by molar-refractivity contribution is -0.134. The van der Waals surface area contributed by atoms with Gasteiger partial charge in [0.2, 0.25) is 5.91 Å². The van der Waals surface area contributed by atoms with Crippen molar-refractivity contribution in [3.8, 4) is 11.5 Å². The molecule has 138 valence electrons. The number of nitrogens with one attached hydrogen (secondary N) is 1. The number of carbonyl (C=O) groups is 2. The maximum atomic E-state index is 12.3. The Labute approximate surface area is 149 Å². The van der Waals surface area contributed by atoms with Crippen LogP contribution in [0.5, 0.6) is 11.5 Å². The van der Waals surface area contributed by atoms with Crippen molar-refractivity contribution in [2.24, 2.45) is 5.92 Å². The van der Waals surface area contributed by atoms with E-state index in [4.69, 9.17) is 9.47 Å². The number of rotatable bonds is 7. The van der Waals surface area contributed by atoms with Crippen molar-refractivity contribution in [2.75, 3.05) is 26.8 Å². The van der Waals surface area contributed by atoms with Crippen molar-refractivity contribution in [3.05, 3.63) is 24.3 Å². The molecule has 2 rings (SSSR count). The third kappa shape index (κ3) is 5.96. The SMILES string of the molecule is COc1ccccc1OCC(=O)N1CCC(NC(=O)CC(C)C)CC1. The van der Waals surface area contributed by atoms with Crippen LogP contribution in [0.4, 0.5) is 0 Å². The van der Waals surface area contributed by atoms with E-state index in [0.29, 0.717) is 36.9 Å². The number of methoxy groups -OCH3 is 1. The van der Waals surface area contributed by atoms with E-state index in [2.05, 4.69) is 5.32 Å². The van der Waals surface area contributed by atoms with E-state index in [-0.39, 0.29) is 24.5 Å². The molecule has 0 aromatic heterocycles. The van der Waals surface area contributed by atoms with Gasteiger partial charge >= 0.3 is 0 Å². The van der Waals surface area contributed by atoms with Gasteiger partial charge in [0.25, 0.3) is 5.91 Å². The number of piperidine rings is 1. The van der Waals surface area contributed by atoms with Gasteiger partial charge in [-0.1, -0.05) is 26.0 Å². The van der Waals surface area contributed by atoms with E-state index in [9.17, 15) is 9.59 Å². The predicted octanol–water partition coefficient (Wildman–Crippen LogP) is 2.23. The van der Waals surface area contributed by atoms with Crippen molar-refractivity contribution >= 4 is 11.8 Å². The van der Waals surface area contributed by atoms with Crippen molar-refractivity contribution in [1.82, 2.24) is 10.2 Å². The number of ether oxygens (including phenoxy) is 2. The van der Waals surface area contributed by atoms with Crippen molar-refractivity contribution in [3.63, 3.8) is 0 Å². The highest BCUT2D eigenvalue weighted by molar-refractivity contribution is 5.78. The van der Waals surface area contributed by atoms with Crippen LogP contribution < -0.4 is 14.8 Å². The molecule has 0 saturated carbocycles. The van der Waals surface area contributed by atoms with Gasteiger partial charge in [-0.25, -0.2) is 0 Å². The summed E-state index contributed by atoms with van der Waals surface area (Å²) in [7, 11) is 1.57. The summed E-state index contributed by atoms with van der Waals surface area (Å²) < 4.78 is 10.8. The number of para-hydroxylation sites is 2. The molecule has 6 nitrogen and oxygen atoms in total. The van der Waals surface area contributed by atoms with Crippen LogP contribution in [-0.4, -0.2) is 49.6 Å². The summed E-state index contributed by atoms with van der Waals surface area (Å²) in [5, 5.41) is 3.06. The number of hydrogen-bond donors (Lipinski definition) is 1. The minimum Gasteiger partial charge on any atom is -0.493 e. The molecule has 0 bridgehead atoms. The molecule has 2 amide bonds. The summed E-state index contributed by atoms with van der Waals surface area (Å²) in [6, 6.07) is 7.43. The number of amides is 2. The Balaban J connectivity index is 1.75. The Hall–Kier alpha value is -2.24. The fraction of sp³-hybridized carbons (Fsp3) is 0.579. The van der Waals surface area contributed by atoms with Gasteiger partial charge in [-0.3, -0.25) is 9.59 Å². The van der Waals surface area contributed by atoms with E-state index in [1.807, 2.05) is 26.0 Å². The molecule has 0 aliphatic carbocycles. The molecule has 0 spiro atoms. The molecule has 1 aliphatic heterocycles. The summed E-state index contributed by atoms with van der Waals surface area (Å²) in [6.07, 6.45) is 2.11. The van der Waals surface area contributed by atoms with Crippen LogP contribution in [0, 0.1) is 5.92 Å². The number of likely N-dealkylation sites (tertiary alicyclic amines) is 1. The molecule has 1 aromatic rings. The fourth-order valence-corrected chi connectivity index (χ4v) is 2.90. The zero-order valence-electron chi connectivity index (χ0n) is 15.3. The second-order valence-corrected chi connectivity index (χ2v) is 6.76. The zero-order chi connectivity index (χ0) is 18.2. The number of hydrogen-bond acceptors (Lipinski definition) is 4. The van der Waals surface area contributed by atoms with E-state index < -0.39 is 0 Å². The number of carbonyl (C=O) groups excluding carboxylic acids is 2. The molecule has 1 heterocycles. The molecule has 1 fully saturated rings. The lowest BCUT2D eigenvalue weighted by Gasteiger charge is -2.32. The van der Waals surface area contributed by atoms with Crippen LogP contribution in [0.15, 0.2) is 24.3 Å². The Bertz CT molecular complexity index is 581. The summed E-state index contributed by atoms with van der Waals surface area (Å²) in [5.74, 6) is 1.59. The van der Waals surface area contributed by atoms with Crippen molar-refractivity contribution in [2.45, 2.75) is 39.2 Å². The van der Waals surface area contributed by atoms with Gasteiger partial charge in [-0.2, -0.15) is 0 Å². The summed E-state index contributed by atoms with van der Waals surface area (Å²) in [6.45, 7) is 5.33. The molecule has 0 unspecified atom stereocenters. The van der Waals surface area contributed by atoms with Gasteiger partial charge < -0.3 is 19.7 Å². The first kappa shape index (κ1) is 19.1. The number of nitrogens with zero attached hydrogens (tertiary/aromatic N) is 1. The van der Waals surface area contributed by atoms with Crippen molar-refractivity contribution in [1.29, 1.82) is 0 Å². The van der Waals surface area contributed by atoms with Gasteiger partial charge in [0.05, 0.1) is 7.11 Å². The maximum absolute atomic E-state index is 12.3. The van der Waals surface area contributed by atoms with Gasteiger partial charge in [0, 0.05) is 25.6 Å². The third-order valence-corrected chi connectivity index (χ3v) is 4.23. The minimum absolute atomic E-state index is 0.00918. The van der Waals surface area contributed by atoms with Crippen LogP contribution in [0.1, 0.15) is 33.1 Å². The second kappa shape index (κ2) is 9.30. The molecule has 0 atom stereocenters. The first-order valence-electron chi connectivity index (χ1n) is 8.82. The average Bonchev–Trinajstić information content (AvgIpc) is 2.59. The van der Waals surface area contributed by atoms with Crippen LogP contribution in [0.25, 0.3) is 0 Å². The number of benzene rings is 1. The molecule has 1 aromatic carbocycles. The molecule has 25 heavy (non-hydrogen) atoms. The second-order valence-electron chi connectivity index (χ2n) is 6.76. The van der Waals surface area contributed by atoms with Crippen LogP contribution in [0.3, 0.4) is 0 Å². The quantitative estimate of drug-likeness (QED) is 0.820. The lowest BCUT2D eigenvalue weighted by Crippen LogP contribution is -2.47. The molecule has 1 aliphatic rings. The van der Waals surface area contributed by atoms with Gasteiger partial charge in [0.1, 0.15) is 0 Å². The minimum atomic E-state index is -0.0436.